The summed E-state index contributed by atoms with van der Waals surface area (Å²) in [7, 11) is -2.80. The zero-order valence-corrected chi connectivity index (χ0v) is 14.7. The van der Waals surface area contributed by atoms with E-state index in [1.807, 2.05) is 12.1 Å². The van der Waals surface area contributed by atoms with Crippen molar-refractivity contribution in [3.05, 3.63) is 28.2 Å². The van der Waals surface area contributed by atoms with Crippen LogP contribution in [0.3, 0.4) is 0 Å². The second-order valence-electron chi connectivity index (χ2n) is 5.41. The van der Waals surface area contributed by atoms with Gasteiger partial charge in [0.1, 0.15) is 15.6 Å². The van der Waals surface area contributed by atoms with Crippen LogP contribution in [0.25, 0.3) is 0 Å². The van der Waals surface area contributed by atoms with Gasteiger partial charge >= 0.3 is 0 Å². The molecular formula is C15H22BrNO3S. The Balaban J connectivity index is 1.94. The van der Waals surface area contributed by atoms with E-state index < -0.39 is 9.84 Å². The number of ether oxygens (including phenoxy) is 1. The number of sulfone groups is 1. The van der Waals surface area contributed by atoms with Crippen LogP contribution in [0.4, 0.5) is 0 Å². The SMILES string of the molecule is CCCOc1ccc(Br)cc1CNC1CCS(=O)(=O)CC1. The third-order valence-corrected chi connectivity index (χ3v) is 5.83. The number of benzene rings is 1. The highest BCUT2D eigenvalue weighted by molar-refractivity contribution is 9.10. The normalized spacial score (nSPS) is 18.6. The molecule has 4 nitrogen and oxygen atoms in total. The van der Waals surface area contributed by atoms with Crippen LogP contribution in [-0.4, -0.2) is 32.6 Å². The molecule has 1 aliphatic heterocycles. The quantitative estimate of drug-likeness (QED) is 0.830. The smallest absolute Gasteiger partial charge is 0.150 e. The fourth-order valence-corrected chi connectivity index (χ4v) is 4.29. The van der Waals surface area contributed by atoms with E-state index in [1.54, 1.807) is 0 Å². The van der Waals surface area contributed by atoms with Gasteiger partial charge in [-0.05, 0) is 37.5 Å². The van der Waals surface area contributed by atoms with Gasteiger partial charge in [-0.15, -0.1) is 0 Å². The molecule has 2 rings (SSSR count). The number of hydrogen-bond donors (Lipinski definition) is 1. The predicted molar refractivity (Wildman–Crippen MR) is 88.4 cm³/mol. The maximum absolute atomic E-state index is 11.4. The summed E-state index contributed by atoms with van der Waals surface area (Å²) in [6, 6.07) is 6.27. The average molecular weight is 376 g/mol. The summed E-state index contributed by atoms with van der Waals surface area (Å²) in [5.74, 6) is 1.49. The van der Waals surface area contributed by atoms with Crippen LogP contribution in [-0.2, 0) is 16.4 Å². The van der Waals surface area contributed by atoms with E-state index in [2.05, 4.69) is 34.2 Å². The molecule has 1 fully saturated rings. The van der Waals surface area contributed by atoms with Crippen LogP contribution in [0.15, 0.2) is 22.7 Å². The van der Waals surface area contributed by atoms with Gasteiger partial charge in [-0.25, -0.2) is 8.42 Å². The van der Waals surface area contributed by atoms with E-state index in [-0.39, 0.29) is 6.04 Å². The maximum atomic E-state index is 11.4. The Labute approximate surface area is 135 Å². The Morgan fingerprint density at radius 2 is 2.05 bits per heavy atom. The molecule has 1 aromatic carbocycles. The number of hydrogen-bond acceptors (Lipinski definition) is 4. The molecule has 0 atom stereocenters. The zero-order chi connectivity index (χ0) is 15.3. The van der Waals surface area contributed by atoms with Gasteiger partial charge in [0.15, 0.2) is 0 Å². The largest absolute Gasteiger partial charge is 0.493 e. The standard InChI is InChI=1S/C15H22BrNO3S/c1-2-7-20-15-4-3-13(16)10-12(15)11-17-14-5-8-21(18,19)9-6-14/h3-4,10,14,17H,2,5-9,11H2,1H3. The lowest BCUT2D eigenvalue weighted by molar-refractivity contribution is 0.312. The first-order chi connectivity index (χ1) is 10.00. The maximum Gasteiger partial charge on any atom is 0.150 e. The lowest BCUT2D eigenvalue weighted by atomic mass is 10.1. The van der Waals surface area contributed by atoms with Crippen molar-refractivity contribution in [2.24, 2.45) is 0 Å². The topological polar surface area (TPSA) is 55.4 Å². The molecule has 118 valence electrons. The molecule has 0 unspecified atom stereocenters. The summed E-state index contributed by atoms with van der Waals surface area (Å²) in [6.45, 7) is 3.48. The van der Waals surface area contributed by atoms with E-state index in [1.165, 1.54) is 0 Å². The van der Waals surface area contributed by atoms with Crippen molar-refractivity contribution in [1.29, 1.82) is 0 Å². The molecular weight excluding hydrogens is 354 g/mol. The summed E-state index contributed by atoms with van der Waals surface area (Å²) in [5.41, 5.74) is 1.10. The Morgan fingerprint density at radius 3 is 2.71 bits per heavy atom. The van der Waals surface area contributed by atoms with Crippen LogP contribution in [0.2, 0.25) is 0 Å². The van der Waals surface area contributed by atoms with E-state index in [0.29, 0.717) is 37.5 Å². The predicted octanol–water partition coefficient (Wildman–Crippen LogP) is 2.90. The molecule has 0 bridgehead atoms. The van der Waals surface area contributed by atoms with Crippen LogP contribution in [0.1, 0.15) is 31.7 Å². The highest BCUT2D eigenvalue weighted by Gasteiger charge is 2.23. The van der Waals surface area contributed by atoms with Gasteiger partial charge in [0.05, 0.1) is 18.1 Å². The molecule has 0 radical (unpaired) electrons. The summed E-state index contributed by atoms with van der Waals surface area (Å²) in [6.07, 6.45) is 2.37. The van der Waals surface area contributed by atoms with Gasteiger partial charge in [-0.1, -0.05) is 22.9 Å². The molecule has 1 saturated heterocycles. The van der Waals surface area contributed by atoms with Crippen molar-refractivity contribution in [1.82, 2.24) is 5.32 Å². The summed E-state index contributed by atoms with van der Waals surface area (Å²) < 4.78 is 29.6. The molecule has 21 heavy (non-hydrogen) atoms. The van der Waals surface area contributed by atoms with Gasteiger partial charge < -0.3 is 10.1 Å². The lowest BCUT2D eigenvalue weighted by Gasteiger charge is -2.23. The molecule has 0 saturated carbocycles. The monoisotopic (exact) mass is 375 g/mol. The van der Waals surface area contributed by atoms with E-state index in [9.17, 15) is 8.42 Å². The third-order valence-electron chi connectivity index (χ3n) is 3.62. The molecule has 0 aliphatic carbocycles. The van der Waals surface area contributed by atoms with Crippen molar-refractivity contribution in [3.63, 3.8) is 0 Å². The number of halogens is 1. The van der Waals surface area contributed by atoms with Crippen molar-refractivity contribution < 1.29 is 13.2 Å². The molecule has 6 heteroatoms. The van der Waals surface area contributed by atoms with Gasteiger partial charge in [-0.2, -0.15) is 0 Å². The van der Waals surface area contributed by atoms with Gasteiger partial charge in [-0.3, -0.25) is 0 Å². The van der Waals surface area contributed by atoms with Crippen LogP contribution in [0, 0.1) is 0 Å². The fourth-order valence-electron chi connectivity index (χ4n) is 2.39. The fraction of sp³-hybridized carbons (Fsp3) is 0.600. The molecule has 1 aliphatic rings. The van der Waals surface area contributed by atoms with Crippen molar-refractivity contribution in [2.75, 3.05) is 18.1 Å². The summed E-state index contributed by atoms with van der Waals surface area (Å²) in [5, 5.41) is 3.45. The highest BCUT2D eigenvalue weighted by Crippen LogP contribution is 2.24. The first-order valence-electron chi connectivity index (χ1n) is 7.35. The molecule has 0 amide bonds. The molecule has 0 aromatic heterocycles. The Morgan fingerprint density at radius 1 is 1.33 bits per heavy atom. The van der Waals surface area contributed by atoms with Crippen molar-refractivity contribution in [3.8, 4) is 5.75 Å². The number of rotatable bonds is 6. The molecule has 1 aromatic rings. The average Bonchev–Trinajstić information content (AvgIpc) is 2.45. The molecule has 1 heterocycles. The minimum absolute atomic E-state index is 0.270. The van der Waals surface area contributed by atoms with E-state index in [4.69, 9.17) is 4.74 Å². The zero-order valence-electron chi connectivity index (χ0n) is 12.3. The van der Waals surface area contributed by atoms with Gasteiger partial charge in [0.25, 0.3) is 0 Å². The van der Waals surface area contributed by atoms with Crippen molar-refractivity contribution in [2.45, 2.75) is 38.8 Å². The van der Waals surface area contributed by atoms with Gasteiger partial charge in [0.2, 0.25) is 0 Å². The first kappa shape index (κ1) is 16.8. The Bertz CT molecular complexity index is 560. The summed E-state index contributed by atoms with van der Waals surface area (Å²) in [4.78, 5) is 0. The molecule has 1 N–H and O–H groups in total. The lowest BCUT2D eigenvalue weighted by Crippen LogP contribution is -2.37. The van der Waals surface area contributed by atoms with Gasteiger partial charge in [0, 0.05) is 22.6 Å². The summed E-state index contributed by atoms with van der Waals surface area (Å²) >= 11 is 3.48. The first-order valence-corrected chi connectivity index (χ1v) is 9.96. The van der Waals surface area contributed by atoms with Crippen LogP contribution < -0.4 is 10.1 Å². The Kier molecular flexibility index (Phi) is 6.08. The Hall–Kier alpha value is -0.590. The van der Waals surface area contributed by atoms with Crippen LogP contribution in [0.5, 0.6) is 5.75 Å². The second kappa shape index (κ2) is 7.61. The highest BCUT2D eigenvalue weighted by atomic mass is 79.9. The third kappa shape index (κ3) is 5.27. The van der Waals surface area contributed by atoms with Crippen molar-refractivity contribution >= 4 is 25.8 Å². The van der Waals surface area contributed by atoms with Crippen LogP contribution >= 0.6 is 15.9 Å². The van der Waals surface area contributed by atoms with E-state index >= 15 is 0 Å². The minimum atomic E-state index is -2.80. The second-order valence-corrected chi connectivity index (χ2v) is 8.63. The van der Waals surface area contributed by atoms with E-state index in [0.717, 1.165) is 22.2 Å². The molecule has 0 spiro atoms. The number of nitrogens with one attached hydrogen (secondary N) is 1. The minimum Gasteiger partial charge on any atom is -0.493 e.